The van der Waals surface area contributed by atoms with Crippen LogP contribution in [0.1, 0.15) is 33.6 Å². The summed E-state index contributed by atoms with van der Waals surface area (Å²) < 4.78 is 26.2. The summed E-state index contributed by atoms with van der Waals surface area (Å²) in [6, 6.07) is 0. The van der Waals surface area contributed by atoms with Crippen LogP contribution in [-0.2, 0) is 10.0 Å². The number of nitrogens with one attached hydrogen (secondary N) is 1. The Bertz CT molecular complexity index is 308. The number of rotatable bonds is 6. The molecule has 0 aromatic heterocycles. The van der Waals surface area contributed by atoms with Gasteiger partial charge >= 0.3 is 0 Å². The highest BCUT2D eigenvalue weighted by Gasteiger charge is 2.26. The van der Waals surface area contributed by atoms with Crippen molar-refractivity contribution in [2.24, 2.45) is 11.8 Å². The lowest BCUT2D eigenvalue weighted by Crippen LogP contribution is -2.41. The van der Waals surface area contributed by atoms with Crippen molar-refractivity contribution in [2.45, 2.75) is 33.6 Å². The minimum Gasteiger partial charge on any atom is -0.316 e. The maximum Gasteiger partial charge on any atom is 0.214 e. The van der Waals surface area contributed by atoms with Crippen molar-refractivity contribution >= 4 is 10.0 Å². The van der Waals surface area contributed by atoms with E-state index in [1.807, 2.05) is 6.92 Å². The Morgan fingerprint density at radius 3 is 2.59 bits per heavy atom. The maximum absolute atomic E-state index is 12.3. The van der Waals surface area contributed by atoms with Gasteiger partial charge in [-0.05, 0) is 37.8 Å². The van der Waals surface area contributed by atoms with Gasteiger partial charge in [-0.2, -0.15) is 0 Å². The van der Waals surface area contributed by atoms with Crippen LogP contribution >= 0.6 is 0 Å². The molecule has 1 aliphatic rings. The fraction of sp³-hybridized carbons (Fsp3) is 1.00. The van der Waals surface area contributed by atoms with Crippen molar-refractivity contribution in [1.82, 2.24) is 9.62 Å². The van der Waals surface area contributed by atoms with E-state index in [-0.39, 0.29) is 5.92 Å². The van der Waals surface area contributed by atoms with Crippen LogP contribution < -0.4 is 5.32 Å². The zero-order chi connectivity index (χ0) is 12.9. The zero-order valence-electron chi connectivity index (χ0n) is 11.3. The van der Waals surface area contributed by atoms with Crippen LogP contribution in [0, 0.1) is 11.8 Å². The van der Waals surface area contributed by atoms with E-state index < -0.39 is 10.0 Å². The Hall–Kier alpha value is -0.130. The first-order valence-corrected chi connectivity index (χ1v) is 8.25. The lowest BCUT2D eigenvalue weighted by Gasteiger charge is -2.27. The van der Waals surface area contributed by atoms with Gasteiger partial charge in [-0.3, -0.25) is 0 Å². The van der Waals surface area contributed by atoms with E-state index in [9.17, 15) is 8.42 Å². The van der Waals surface area contributed by atoms with Gasteiger partial charge in [0.15, 0.2) is 0 Å². The number of hydrogen-bond donors (Lipinski definition) is 1. The predicted octanol–water partition coefficient (Wildman–Crippen LogP) is 1.29. The lowest BCUT2D eigenvalue weighted by atomic mass is 10.0. The molecule has 1 fully saturated rings. The molecule has 1 saturated heterocycles. The maximum atomic E-state index is 12.3. The second-order valence-electron chi connectivity index (χ2n) is 5.34. The molecule has 1 N–H and O–H groups in total. The van der Waals surface area contributed by atoms with Crippen LogP contribution in [0.25, 0.3) is 0 Å². The third-order valence-corrected chi connectivity index (χ3v) is 5.25. The first-order valence-electron chi connectivity index (χ1n) is 6.64. The molecular formula is C12H26N2O2S. The molecule has 102 valence electrons. The molecule has 0 bridgehead atoms. The van der Waals surface area contributed by atoms with Gasteiger partial charge in [-0.15, -0.1) is 0 Å². The largest absolute Gasteiger partial charge is 0.316 e. The van der Waals surface area contributed by atoms with Crippen LogP contribution in [0.5, 0.6) is 0 Å². The fourth-order valence-corrected chi connectivity index (χ4v) is 4.33. The van der Waals surface area contributed by atoms with Crippen molar-refractivity contribution in [3.63, 3.8) is 0 Å². The summed E-state index contributed by atoms with van der Waals surface area (Å²) in [5.41, 5.74) is 0. The molecule has 1 heterocycles. The van der Waals surface area contributed by atoms with Crippen LogP contribution in [0.3, 0.4) is 0 Å². The summed E-state index contributed by atoms with van der Waals surface area (Å²) >= 11 is 0. The van der Waals surface area contributed by atoms with Gasteiger partial charge < -0.3 is 5.32 Å². The average molecular weight is 262 g/mol. The third-order valence-electron chi connectivity index (χ3n) is 3.16. The monoisotopic (exact) mass is 262 g/mol. The highest BCUT2D eigenvalue weighted by atomic mass is 32.2. The van der Waals surface area contributed by atoms with Crippen LogP contribution in [0.4, 0.5) is 0 Å². The van der Waals surface area contributed by atoms with Gasteiger partial charge in [-0.25, -0.2) is 12.7 Å². The van der Waals surface area contributed by atoms with Gasteiger partial charge in [-0.1, -0.05) is 20.8 Å². The molecule has 0 spiro atoms. The predicted molar refractivity (Wildman–Crippen MR) is 71.5 cm³/mol. The molecule has 5 heteroatoms. The number of sulfonamides is 1. The summed E-state index contributed by atoms with van der Waals surface area (Å²) in [4.78, 5) is 0. The molecule has 1 unspecified atom stereocenters. The van der Waals surface area contributed by atoms with Crippen LogP contribution in [0.2, 0.25) is 0 Å². The molecule has 4 nitrogen and oxygen atoms in total. The van der Waals surface area contributed by atoms with Crippen molar-refractivity contribution in [3.8, 4) is 0 Å². The molecule has 0 aromatic rings. The highest BCUT2D eigenvalue weighted by molar-refractivity contribution is 7.89. The summed E-state index contributed by atoms with van der Waals surface area (Å²) in [5, 5.41) is 3.27. The van der Waals surface area contributed by atoms with E-state index in [2.05, 4.69) is 19.2 Å². The normalized spacial score (nSPS) is 22.3. The minimum atomic E-state index is -3.07. The average Bonchev–Trinajstić information content (AvgIpc) is 2.26. The highest BCUT2D eigenvalue weighted by Crippen LogP contribution is 2.16. The van der Waals surface area contributed by atoms with Crippen molar-refractivity contribution in [1.29, 1.82) is 0 Å². The minimum absolute atomic E-state index is 0.287. The molecule has 0 saturated carbocycles. The zero-order valence-corrected chi connectivity index (χ0v) is 12.1. The van der Waals surface area contributed by atoms with Gasteiger partial charge in [0.2, 0.25) is 10.0 Å². The lowest BCUT2D eigenvalue weighted by molar-refractivity contribution is 0.361. The summed E-state index contributed by atoms with van der Waals surface area (Å²) in [7, 11) is -3.07. The number of hydrogen-bond acceptors (Lipinski definition) is 3. The SMILES string of the molecule is CCN(CC(C)C)S(=O)(=O)CC1CCCNC1. The molecule has 1 rings (SSSR count). The molecule has 17 heavy (non-hydrogen) atoms. The Labute approximate surface area is 106 Å². The van der Waals surface area contributed by atoms with E-state index in [1.54, 1.807) is 4.31 Å². The van der Waals surface area contributed by atoms with E-state index in [0.717, 1.165) is 25.9 Å². The van der Waals surface area contributed by atoms with E-state index in [1.165, 1.54) is 0 Å². The van der Waals surface area contributed by atoms with Crippen LogP contribution in [0.15, 0.2) is 0 Å². The van der Waals surface area contributed by atoms with E-state index in [0.29, 0.717) is 24.8 Å². The Kier molecular flexibility index (Phi) is 5.89. The molecule has 0 radical (unpaired) electrons. The summed E-state index contributed by atoms with van der Waals surface area (Å²) in [6.07, 6.45) is 2.13. The molecule has 0 amide bonds. The second-order valence-corrected chi connectivity index (χ2v) is 7.35. The second kappa shape index (κ2) is 6.71. The Morgan fingerprint density at radius 1 is 1.41 bits per heavy atom. The first kappa shape index (κ1) is 14.9. The fourth-order valence-electron chi connectivity index (χ4n) is 2.32. The van der Waals surface area contributed by atoms with Gasteiger partial charge in [0, 0.05) is 13.1 Å². The van der Waals surface area contributed by atoms with E-state index in [4.69, 9.17) is 0 Å². The van der Waals surface area contributed by atoms with Crippen molar-refractivity contribution < 1.29 is 8.42 Å². The van der Waals surface area contributed by atoms with Crippen molar-refractivity contribution in [2.75, 3.05) is 31.9 Å². The smallest absolute Gasteiger partial charge is 0.214 e. The van der Waals surface area contributed by atoms with Crippen LogP contribution in [-0.4, -0.2) is 44.7 Å². The van der Waals surface area contributed by atoms with E-state index >= 15 is 0 Å². The summed E-state index contributed by atoms with van der Waals surface area (Å²) in [6.45, 7) is 9.12. The number of nitrogens with zero attached hydrogens (tertiary/aromatic N) is 1. The van der Waals surface area contributed by atoms with Crippen molar-refractivity contribution in [3.05, 3.63) is 0 Å². The molecule has 1 atom stereocenters. The molecule has 1 aliphatic heterocycles. The Balaban J connectivity index is 2.58. The van der Waals surface area contributed by atoms with Gasteiger partial charge in [0.05, 0.1) is 5.75 Å². The standard InChI is InChI=1S/C12H26N2O2S/c1-4-14(9-11(2)3)17(15,16)10-12-6-5-7-13-8-12/h11-13H,4-10H2,1-3H3. The molecule has 0 aliphatic carbocycles. The van der Waals surface area contributed by atoms with Gasteiger partial charge in [0.1, 0.15) is 0 Å². The molecule has 0 aromatic carbocycles. The Morgan fingerprint density at radius 2 is 2.12 bits per heavy atom. The topological polar surface area (TPSA) is 49.4 Å². The first-order chi connectivity index (χ1) is 7.95. The summed E-state index contributed by atoms with van der Waals surface area (Å²) in [5.74, 6) is 0.977. The quantitative estimate of drug-likeness (QED) is 0.785. The number of piperidine rings is 1. The third kappa shape index (κ3) is 4.94. The molecular weight excluding hydrogens is 236 g/mol. The van der Waals surface area contributed by atoms with Gasteiger partial charge in [0.25, 0.3) is 0 Å².